The SMILES string of the molecule is CC(C)(C)CC(=O)NCC(=O)NCC(Cc1ccccc1)C(=O)O. The molecule has 0 aliphatic carbocycles. The van der Waals surface area contributed by atoms with Crippen LogP contribution >= 0.6 is 0 Å². The average molecular weight is 334 g/mol. The van der Waals surface area contributed by atoms with Crippen LogP contribution < -0.4 is 10.6 Å². The van der Waals surface area contributed by atoms with Crippen molar-refractivity contribution in [3.63, 3.8) is 0 Å². The van der Waals surface area contributed by atoms with Gasteiger partial charge in [0.1, 0.15) is 0 Å². The first-order valence-corrected chi connectivity index (χ1v) is 7.97. The molecule has 0 fully saturated rings. The van der Waals surface area contributed by atoms with Crippen LogP contribution in [0.15, 0.2) is 30.3 Å². The number of benzene rings is 1. The first kappa shape index (κ1) is 19.7. The molecule has 6 heteroatoms. The molecule has 0 saturated heterocycles. The van der Waals surface area contributed by atoms with Gasteiger partial charge in [0.15, 0.2) is 0 Å². The number of nitrogens with one attached hydrogen (secondary N) is 2. The normalized spacial score (nSPS) is 12.3. The number of carboxylic acids is 1. The highest BCUT2D eigenvalue weighted by Gasteiger charge is 2.20. The lowest BCUT2D eigenvalue weighted by molar-refractivity contribution is -0.141. The summed E-state index contributed by atoms with van der Waals surface area (Å²) in [4.78, 5) is 34.8. The van der Waals surface area contributed by atoms with Crippen LogP contribution in [0.5, 0.6) is 0 Å². The highest BCUT2D eigenvalue weighted by atomic mass is 16.4. The lowest BCUT2D eigenvalue weighted by atomic mass is 9.92. The number of rotatable bonds is 8. The van der Waals surface area contributed by atoms with Gasteiger partial charge in [-0.05, 0) is 17.4 Å². The van der Waals surface area contributed by atoms with Gasteiger partial charge in [-0.25, -0.2) is 0 Å². The molecule has 1 rings (SSSR count). The van der Waals surface area contributed by atoms with E-state index in [9.17, 15) is 19.5 Å². The van der Waals surface area contributed by atoms with Gasteiger partial charge in [-0.3, -0.25) is 14.4 Å². The molecule has 0 aliphatic heterocycles. The van der Waals surface area contributed by atoms with Crippen LogP contribution in [-0.2, 0) is 20.8 Å². The summed E-state index contributed by atoms with van der Waals surface area (Å²) in [5, 5.41) is 14.4. The van der Waals surface area contributed by atoms with E-state index in [0.717, 1.165) is 5.56 Å². The molecule has 6 nitrogen and oxygen atoms in total. The molecule has 24 heavy (non-hydrogen) atoms. The third kappa shape index (κ3) is 8.31. The van der Waals surface area contributed by atoms with Crippen molar-refractivity contribution in [1.82, 2.24) is 10.6 Å². The molecule has 3 N–H and O–H groups in total. The van der Waals surface area contributed by atoms with Gasteiger partial charge in [-0.1, -0.05) is 51.1 Å². The quantitative estimate of drug-likeness (QED) is 0.673. The van der Waals surface area contributed by atoms with Crippen molar-refractivity contribution in [1.29, 1.82) is 0 Å². The first-order valence-electron chi connectivity index (χ1n) is 7.97. The summed E-state index contributed by atoms with van der Waals surface area (Å²) in [6.07, 6.45) is 0.666. The van der Waals surface area contributed by atoms with Crippen LogP contribution in [0.3, 0.4) is 0 Å². The second-order valence-corrected chi connectivity index (χ2v) is 7.04. The van der Waals surface area contributed by atoms with Gasteiger partial charge < -0.3 is 15.7 Å². The number of hydrogen-bond acceptors (Lipinski definition) is 3. The predicted octanol–water partition coefficient (Wildman–Crippen LogP) is 1.60. The second kappa shape index (κ2) is 9.05. The maximum Gasteiger partial charge on any atom is 0.308 e. The van der Waals surface area contributed by atoms with E-state index in [1.165, 1.54) is 0 Å². The summed E-state index contributed by atoms with van der Waals surface area (Å²) in [5.41, 5.74) is 0.752. The van der Waals surface area contributed by atoms with E-state index in [4.69, 9.17) is 0 Å². The van der Waals surface area contributed by atoms with E-state index in [0.29, 0.717) is 12.8 Å². The molecule has 0 aromatic heterocycles. The Morgan fingerprint density at radius 1 is 1.04 bits per heavy atom. The van der Waals surface area contributed by atoms with Gasteiger partial charge in [-0.15, -0.1) is 0 Å². The Hall–Kier alpha value is -2.37. The Morgan fingerprint density at radius 2 is 1.67 bits per heavy atom. The van der Waals surface area contributed by atoms with Crippen LogP contribution in [0.25, 0.3) is 0 Å². The van der Waals surface area contributed by atoms with Gasteiger partial charge in [0.2, 0.25) is 11.8 Å². The molecule has 0 heterocycles. The van der Waals surface area contributed by atoms with Crippen molar-refractivity contribution in [2.75, 3.05) is 13.1 Å². The number of carboxylic acid groups (broad SMARTS) is 1. The monoisotopic (exact) mass is 334 g/mol. The van der Waals surface area contributed by atoms with Crippen LogP contribution in [0, 0.1) is 11.3 Å². The van der Waals surface area contributed by atoms with Gasteiger partial charge in [0, 0.05) is 13.0 Å². The minimum atomic E-state index is -0.962. The molecule has 0 bridgehead atoms. The highest BCUT2D eigenvalue weighted by Crippen LogP contribution is 2.17. The molecule has 1 unspecified atom stereocenters. The van der Waals surface area contributed by atoms with E-state index in [1.54, 1.807) is 0 Å². The number of carbonyl (C=O) groups is 3. The average Bonchev–Trinajstić information content (AvgIpc) is 2.48. The van der Waals surface area contributed by atoms with Crippen LogP contribution in [0.2, 0.25) is 0 Å². The zero-order valence-electron chi connectivity index (χ0n) is 14.5. The Labute approximate surface area is 142 Å². The van der Waals surface area contributed by atoms with Crippen molar-refractivity contribution in [2.45, 2.75) is 33.6 Å². The highest BCUT2D eigenvalue weighted by molar-refractivity contribution is 5.85. The molecule has 0 spiro atoms. The van der Waals surface area contributed by atoms with Gasteiger partial charge in [0.25, 0.3) is 0 Å². The molecular formula is C18H26N2O4. The van der Waals surface area contributed by atoms with Crippen LogP contribution in [0.4, 0.5) is 0 Å². The number of amides is 2. The van der Waals surface area contributed by atoms with Gasteiger partial charge >= 0.3 is 5.97 Å². The van der Waals surface area contributed by atoms with E-state index in [-0.39, 0.29) is 24.4 Å². The van der Waals surface area contributed by atoms with Gasteiger partial charge in [-0.2, -0.15) is 0 Å². The van der Waals surface area contributed by atoms with Crippen molar-refractivity contribution in [3.05, 3.63) is 35.9 Å². The smallest absolute Gasteiger partial charge is 0.308 e. The maximum atomic E-state index is 11.8. The van der Waals surface area contributed by atoms with Crippen LogP contribution in [-0.4, -0.2) is 36.0 Å². The topological polar surface area (TPSA) is 95.5 Å². The molecule has 1 aromatic rings. The summed E-state index contributed by atoms with van der Waals surface area (Å²) >= 11 is 0. The Morgan fingerprint density at radius 3 is 2.21 bits per heavy atom. The Balaban J connectivity index is 2.40. The summed E-state index contributed by atoms with van der Waals surface area (Å²) in [6.45, 7) is 5.69. The van der Waals surface area contributed by atoms with Crippen molar-refractivity contribution >= 4 is 17.8 Å². The molecule has 0 saturated carbocycles. The fraction of sp³-hybridized carbons (Fsp3) is 0.500. The number of hydrogen-bond donors (Lipinski definition) is 3. The lowest BCUT2D eigenvalue weighted by Gasteiger charge is -2.17. The maximum absolute atomic E-state index is 11.8. The number of aliphatic carboxylic acids is 1. The molecule has 1 aromatic carbocycles. The summed E-state index contributed by atoms with van der Waals surface area (Å²) in [5.74, 6) is -2.26. The minimum Gasteiger partial charge on any atom is -0.481 e. The van der Waals surface area contributed by atoms with Crippen LogP contribution in [0.1, 0.15) is 32.8 Å². The molecule has 1 atom stereocenters. The fourth-order valence-electron chi connectivity index (χ4n) is 2.17. The molecular weight excluding hydrogens is 308 g/mol. The Bertz CT molecular complexity index is 564. The lowest BCUT2D eigenvalue weighted by Crippen LogP contribution is -2.41. The minimum absolute atomic E-state index is 0.0260. The fourth-order valence-corrected chi connectivity index (χ4v) is 2.17. The van der Waals surface area contributed by atoms with E-state index < -0.39 is 17.8 Å². The summed E-state index contributed by atoms with van der Waals surface area (Å²) in [7, 11) is 0. The number of carbonyl (C=O) groups excluding carboxylic acids is 2. The third-order valence-corrected chi connectivity index (χ3v) is 3.36. The zero-order valence-corrected chi connectivity index (χ0v) is 14.5. The van der Waals surface area contributed by atoms with Crippen molar-refractivity contribution in [2.24, 2.45) is 11.3 Å². The zero-order chi connectivity index (χ0) is 18.2. The molecule has 132 valence electrons. The van der Waals surface area contributed by atoms with Gasteiger partial charge in [0.05, 0.1) is 12.5 Å². The van der Waals surface area contributed by atoms with E-state index in [2.05, 4.69) is 10.6 Å². The standard InChI is InChI=1S/C18H26N2O4/c1-18(2,3)10-15(21)20-12-16(22)19-11-14(17(23)24)9-13-7-5-4-6-8-13/h4-8,14H,9-12H2,1-3H3,(H,19,22)(H,20,21)(H,23,24). The van der Waals surface area contributed by atoms with Crippen molar-refractivity contribution < 1.29 is 19.5 Å². The Kier molecular flexibility index (Phi) is 7.42. The second-order valence-electron chi connectivity index (χ2n) is 7.04. The molecule has 2 amide bonds. The van der Waals surface area contributed by atoms with E-state index >= 15 is 0 Å². The van der Waals surface area contributed by atoms with E-state index in [1.807, 2.05) is 51.1 Å². The summed E-state index contributed by atoms with van der Waals surface area (Å²) in [6, 6.07) is 9.26. The molecule has 0 aliphatic rings. The predicted molar refractivity (Wildman–Crippen MR) is 91.4 cm³/mol. The third-order valence-electron chi connectivity index (χ3n) is 3.36. The summed E-state index contributed by atoms with van der Waals surface area (Å²) < 4.78 is 0. The molecule has 0 radical (unpaired) electrons. The first-order chi connectivity index (χ1) is 11.2. The van der Waals surface area contributed by atoms with Crippen molar-refractivity contribution in [3.8, 4) is 0 Å². The largest absolute Gasteiger partial charge is 0.481 e.